The zero-order chi connectivity index (χ0) is 20.9. The first-order valence-corrected chi connectivity index (χ1v) is 11.6. The average molecular weight is 437 g/mol. The zero-order valence-corrected chi connectivity index (χ0v) is 17.9. The molecule has 0 saturated carbocycles. The number of carbonyl (C=O) groups is 1. The number of amides is 1. The van der Waals surface area contributed by atoms with Crippen molar-refractivity contribution in [1.29, 1.82) is 0 Å². The van der Waals surface area contributed by atoms with Gasteiger partial charge in [0.25, 0.3) is 0 Å². The van der Waals surface area contributed by atoms with E-state index in [-0.39, 0.29) is 24.1 Å². The van der Waals surface area contributed by atoms with Crippen LogP contribution >= 0.6 is 11.6 Å². The highest BCUT2D eigenvalue weighted by Crippen LogP contribution is 2.24. The number of sulfonamides is 1. The maximum Gasteiger partial charge on any atom is 0.228 e. The van der Waals surface area contributed by atoms with E-state index >= 15 is 0 Å². The van der Waals surface area contributed by atoms with E-state index in [0.29, 0.717) is 42.3 Å². The Bertz CT molecular complexity index is 947. The fourth-order valence-electron chi connectivity index (χ4n) is 3.38. The van der Waals surface area contributed by atoms with Crippen LogP contribution in [0.15, 0.2) is 48.5 Å². The van der Waals surface area contributed by atoms with Crippen LogP contribution in [0.3, 0.4) is 0 Å². The van der Waals surface area contributed by atoms with Gasteiger partial charge in [0, 0.05) is 23.8 Å². The van der Waals surface area contributed by atoms with Gasteiger partial charge in [-0.25, -0.2) is 12.7 Å². The SMILES string of the molecule is CCOc1ccc(NC(=O)C2CCCN(S(=O)(=O)Cc3cccc(Cl)c3)C2)cc1. The van der Waals surface area contributed by atoms with Crippen LogP contribution in [0.2, 0.25) is 5.02 Å². The number of piperidine rings is 1. The number of carbonyl (C=O) groups excluding carboxylic acids is 1. The number of hydrogen-bond acceptors (Lipinski definition) is 4. The molecule has 1 amide bonds. The van der Waals surface area contributed by atoms with Crippen molar-refractivity contribution in [3.05, 3.63) is 59.1 Å². The molecular weight excluding hydrogens is 412 g/mol. The highest BCUT2D eigenvalue weighted by Gasteiger charge is 2.32. The fourth-order valence-corrected chi connectivity index (χ4v) is 5.19. The molecule has 2 aromatic rings. The number of rotatable bonds is 7. The molecule has 1 fully saturated rings. The van der Waals surface area contributed by atoms with Crippen LogP contribution in [-0.2, 0) is 20.6 Å². The van der Waals surface area contributed by atoms with E-state index in [0.717, 1.165) is 5.75 Å². The molecule has 2 aromatic carbocycles. The van der Waals surface area contributed by atoms with E-state index < -0.39 is 10.0 Å². The van der Waals surface area contributed by atoms with Crippen LogP contribution in [0, 0.1) is 5.92 Å². The third kappa shape index (κ3) is 5.95. The molecule has 1 heterocycles. The van der Waals surface area contributed by atoms with Gasteiger partial charge in [0.2, 0.25) is 15.9 Å². The number of hydrogen-bond donors (Lipinski definition) is 1. The summed E-state index contributed by atoms with van der Waals surface area (Å²) in [6, 6.07) is 14.0. The number of nitrogens with zero attached hydrogens (tertiary/aromatic N) is 1. The van der Waals surface area contributed by atoms with Crippen LogP contribution in [0.1, 0.15) is 25.3 Å². The summed E-state index contributed by atoms with van der Waals surface area (Å²) in [6.07, 6.45) is 1.31. The Labute approximate surface area is 176 Å². The molecule has 0 aliphatic carbocycles. The maximum absolute atomic E-state index is 12.8. The minimum Gasteiger partial charge on any atom is -0.494 e. The molecule has 6 nitrogen and oxygen atoms in total. The molecule has 29 heavy (non-hydrogen) atoms. The molecule has 0 radical (unpaired) electrons. The predicted octanol–water partition coefficient (Wildman–Crippen LogP) is 3.92. The van der Waals surface area contributed by atoms with Crippen molar-refractivity contribution in [2.75, 3.05) is 25.0 Å². The largest absolute Gasteiger partial charge is 0.494 e. The van der Waals surface area contributed by atoms with E-state index in [9.17, 15) is 13.2 Å². The van der Waals surface area contributed by atoms with Gasteiger partial charge in [0.15, 0.2) is 0 Å². The first-order valence-electron chi connectivity index (χ1n) is 9.63. The maximum atomic E-state index is 12.8. The van der Waals surface area contributed by atoms with Crippen molar-refractivity contribution in [2.45, 2.75) is 25.5 Å². The van der Waals surface area contributed by atoms with Crippen molar-refractivity contribution in [3.8, 4) is 5.75 Å². The number of halogens is 1. The lowest BCUT2D eigenvalue weighted by atomic mass is 9.99. The Morgan fingerprint density at radius 1 is 1.24 bits per heavy atom. The van der Waals surface area contributed by atoms with E-state index in [1.165, 1.54) is 4.31 Å². The molecule has 1 aliphatic heterocycles. The lowest BCUT2D eigenvalue weighted by Crippen LogP contribution is -2.44. The van der Waals surface area contributed by atoms with Crippen molar-refractivity contribution in [3.63, 3.8) is 0 Å². The van der Waals surface area contributed by atoms with Crippen LogP contribution in [0.4, 0.5) is 5.69 Å². The quantitative estimate of drug-likeness (QED) is 0.713. The highest BCUT2D eigenvalue weighted by atomic mass is 35.5. The van der Waals surface area contributed by atoms with Crippen LogP contribution in [0.5, 0.6) is 5.75 Å². The van der Waals surface area contributed by atoms with Crippen molar-refractivity contribution in [2.24, 2.45) is 5.92 Å². The predicted molar refractivity (Wildman–Crippen MR) is 115 cm³/mol. The molecular formula is C21H25ClN2O4S. The molecule has 1 N–H and O–H groups in total. The molecule has 3 rings (SSSR count). The third-order valence-corrected chi connectivity index (χ3v) is 6.87. The molecule has 1 unspecified atom stereocenters. The standard InChI is InChI=1S/C21H25ClN2O4S/c1-2-28-20-10-8-19(9-11-20)23-21(25)17-6-4-12-24(14-17)29(26,27)15-16-5-3-7-18(22)13-16/h3,5,7-11,13,17H,2,4,6,12,14-15H2,1H3,(H,23,25). The van der Waals surface area contributed by atoms with E-state index in [1.807, 2.05) is 6.92 Å². The second-order valence-electron chi connectivity index (χ2n) is 7.03. The van der Waals surface area contributed by atoms with Gasteiger partial charge in [-0.05, 0) is 61.7 Å². The van der Waals surface area contributed by atoms with Gasteiger partial charge in [0.05, 0.1) is 18.3 Å². The monoisotopic (exact) mass is 436 g/mol. The zero-order valence-electron chi connectivity index (χ0n) is 16.3. The summed E-state index contributed by atoms with van der Waals surface area (Å²) >= 11 is 5.96. The Kier molecular flexibility index (Phi) is 7.16. The van der Waals surface area contributed by atoms with Gasteiger partial charge in [-0.15, -0.1) is 0 Å². The number of benzene rings is 2. The second kappa shape index (κ2) is 9.61. The fraction of sp³-hybridized carbons (Fsp3) is 0.381. The lowest BCUT2D eigenvalue weighted by Gasteiger charge is -2.31. The molecule has 156 valence electrons. The average Bonchev–Trinajstić information content (AvgIpc) is 2.69. The normalized spacial score (nSPS) is 17.7. The number of anilines is 1. The Balaban J connectivity index is 1.62. The summed E-state index contributed by atoms with van der Waals surface area (Å²) in [5, 5.41) is 3.38. The Morgan fingerprint density at radius 3 is 2.69 bits per heavy atom. The molecule has 0 aromatic heterocycles. The number of ether oxygens (including phenoxy) is 1. The summed E-state index contributed by atoms with van der Waals surface area (Å²) in [4.78, 5) is 12.7. The summed E-state index contributed by atoms with van der Waals surface area (Å²) in [5.74, 6) is 0.0589. The van der Waals surface area contributed by atoms with E-state index in [4.69, 9.17) is 16.3 Å². The van der Waals surface area contributed by atoms with Crippen molar-refractivity contribution < 1.29 is 17.9 Å². The molecule has 0 spiro atoms. The first kappa shape index (κ1) is 21.6. The Hall–Kier alpha value is -2.09. The van der Waals surface area contributed by atoms with Gasteiger partial charge in [-0.2, -0.15) is 0 Å². The molecule has 1 aliphatic rings. The van der Waals surface area contributed by atoms with E-state index in [2.05, 4.69) is 5.32 Å². The smallest absolute Gasteiger partial charge is 0.228 e. The second-order valence-corrected chi connectivity index (χ2v) is 9.44. The summed E-state index contributed by atoms with van der Waals surface area (Å²) < 4.78 is 32.5. The third-order valence-electron chi connectivity index (χ3n) is 4.82. The molecule has 8 heteroatoms. The van der Waals surface area contributed by atoms with Crippen LogP contribution in [0.25, 0.3) is 0 Å². The summed E-state index contributed by atoms with van der Waals surface area (Å²) in [5.41, 5.74) is 1.30. The Morgan fingerprint density at radius 2 is 2.00 bits per heavy atom. The molecule has 1 atom stereocenters. The summed E-state index contributed by atoms with van der Waals surface area (Å²) in [6.45, 7) is 3.10. The minimum atomic E-state index is -3.53. The topological polar surface area (TPSA) is 75.7 Å². The van der Waals surface area contributed by atoms with Gasteiger partial charge >= 0.3 is 0 Å². The van der Waals surface area contributed by atoms with Crippen LogP contribution in [-0.4, -0.2) is 38.3 Å². The summed E-state index contributed by atoms with van der Waals surface area (Å²) in [7, 11) is -3.53. The van der Waals surface area contributed by atoms with Crippen molar-refractivity contribution in [1.82, 2.24) is 4.31 Å². The highest BCUT2D eigenvalue weighted by molar-refractivity contribution is 7.88. The first-order chi connectivity index (χ1) is 13.9. The molecule has 1 saturated heterocycles. The van der Waals surface area contributed by atoms with Gasteiger partial charge in [0.1, 0.15) is 5.75 Å². The van der Waals surface area contributed by atoms with E-state index in [1.54, 1.807) is 48.5 Å². The van der Waals surface area contributed by atoms with Gasteiger partial charge < -0.3 is 10.1 Å². The molecule has 0 bridgehead atoms. The van der Waals surface area contributed by atoms with Gasteiger partial charge in [-0.1, -0.05) is 23.7 Å². The van der Waals surface area contributed by atoms with Crippen molar-refractivity contribution >= 4 is 33.2 Å². The number of nitrogens with one attached hydrogen (secondary N) is 1. The van der Waals surface area contributed by atoms with Gasteiger partial charge in [-0.3, -0.25) is 4.79 Å². The lowest BCUT2D eigenvalue weighted by molar-refractivity contribution is -0.120. The van der Waals surface area contributed by atoms with Crippen LogP contribution < -0.4 is 10.1 Å². The minimum absolute atomic E-state index is 0.124.